The summed E-state index contributed by atoms with van der Waals surface area (Å²) in [6, 6.07) is 0. The van der Waals surface area contributed by atoms with E-state index in [9.17, 15) is 19.8 Å². The second-order valence-electron chi connectivity index (χ2n) is 19.6. The standard InChI is InChI=1S/C53H87N3O4/c1-7-9-10-11-12-13-14-15-16-17-18-19-20-21-22-23-24-25-26-27-48(58)54-36-38-56(6)39-37-55-49(59)31-28-41(3)44-29-30-45-50-46(33-35-52(44,45)4)53(5)34-32-42(57)40-47(53)43(8-2)51(50)60/h9-10,12-13,15-16,18-19,21-22,24-25,41-47,50-51,57,60H,7-8,11,14,17,20,23,26-40H2,1-6H3,(H,54,58)(H,55,59)/b10-9-,13-12-,16-15-,19-18-,22-21-,25-24-/t41-,42-,43-,44?,45+,46+,47+,50+,51-,52-,53-/m1/s1. The van der Waals surface area contributed by atoms with Gasteiger partial charge in [0.2, 0.25) is 11.8 Å². The summed E-state index contributed by atoms with van der Waals surface area (Å²) in [6.07, 6.45) is 43.1. The predicted octanol–water partition coefficient (Wildman–Crippen LogP) is 10.7. The lowest BCUT2D eigenvalue weighted by molar-refractivity contribution is -0.203. The average Bonchev–Trinajstić information content (AvgIpc) is 3.58. The molecule has 11 atom stereocenters. The number of aliphatic hydroxyl groups is 2. The van der Waals surface area contributed by atoms with E-state index >= 15 is 0 Å². The Hall–Kier alpha value is -2.74. The monoisotopic (exact) mass is 830 g/mol. The molecule has 4 aliphatic carbocycles. The number of allylic oxidation sites excluding steroid dienone is 12. The van der Waals surface area contributed by atoms with Gasteiger partial charge < -0.3 is 25.7 Å². The number of fused-ring (bicyclic) bond motifs is 5. The Morgan fingerprint density at radius 1 is 0.683 bits per heavy atom. The first kappa shape index (κ1) is 49.9. The van der Waals surface area contributed by atoms with Crippen LogP contribution in [0, 0.1) is 52.3 Å². The predicted molar refractivity (Wildman–Crippen MR) is 251 cm³/mol. The van der Waals surface area contributed by atoms with Gasteiger partial charge in [-0.05, 0) is 156 Å². The lowest BCUT2D eigenvalue weighted by Crippen LogP contribution is -2.62. The Balaban J connectivity index is 1.02. The number of likely N-dealkylation sites (N-methyl/N-ethyl adjacent to an activating group) is 1. The van der Waals surface area contributed by atoms with Gasteiger partial charge >= 0.3 is 0 Å². The van der Waals surface area contributed by atoms with E-state index in [1.165, 1.54) is 25.7 Å². The molecule has 338 valence electrons. The minimum absolute atomic E-state index is 0.0776. The first-order chi connectivity index (χ1) is 29.0. The number of hydrogen-bond acceptors (Lipinski definition) is 5. The molecular weight excluding hydrogens is 743 g/mol. The molecule has 7 nitrogen and oxygen atoms in total. The van der Waals surface area contributed by atoms with E-state index in [0.717, 1.165) is 90.1 Å². The van der Waals surface area contributed by atoms with Gasteiger partial charge in [0, 0.05) is 39.0 Å². The molecule has 2 amide bonds. The number of nitrogens with zero attached hydrogens (tertiary/aromatic N) is 1. The van der Waals surface area contributed by atoms with Crippen LogP contribution < -0.4 is 10.6 Å². The SMILES string of the molecule is CC/C=C\C/C=C\C/C=C\C/C=C\C/C=C\C/C=C\CCC(=O)NCCN(C)CCNC(=O)CC[C@@H](C)C1CC[C@H]2[C@@H]3[C@H](O)[C@H](CC)[C@@H]4C[C@H](O)CC[C@]4(C)[C@H]3CC[C@]12C. The molecule has 0 aromatic rings. The van der Waals surface area contributed by atoms with Crippen LogP contribution in [0.3, 0.4) is 0 Å². The molecule has 0 spiro atoms. The smallest absolute Gasteiger partial charge is 0.220 e. The van der Waals surface area contributed by atoms with Crippen molar-refractivity contribution < 1.29 is 19.8 Å². The van der Waals surface area contributed by atoms with Crippen molar-refractivity contribution >= 4 is 11.8 Å². The third-order valence-corrected chi connectivity index (χ3v) is 15.7. The quantitative estimate of drug-likeness (QED) is 0.0687. The highest BCUT2D eigenvalue weighted by Crippen LogP contribution is 2.69. The third kappa shape index (κ3) is 14.4. The summed E-state index contributed by atoms with van der Waals surface area (Å²) in [5.74, 6) is 3.46. The highest BCUT2D eigenvalue weighted by atomic mass is 16.3. The molecule has 0 aromatic carbocycles. The molecule has 60 heavy (non-hydrogen) atoms. The van der Waals surface area contributed by atoms with Crippen molar-refractivity contribution in [2.45, 2.75) is 162 Å². The van der Waals surface area contributed by atoms with Crippen LogP contribution >= 0.6 is 0 Å². The lowest BCUT2D eigenvalue weighted by atomic mass is 9.41. The van der Waals surface area contributed by atoms with Crippen LogP contribution in [-0.4, -0.2) is 72.4 Å². The molecule has 4 fully saturated rings. The van der Waals surface area contributed by atoms with Crippen LogP contribution in [0.1, 0.15) is 150 Å². The molecule has 0 bridgehead atoms. The Kier molecular flexibility index (Phi) is 21.6. The molecule has 7 heteroatoms. The van der Waals surface area contributed by atoms with Crippen molar-refractivity contribution in [1.82, 2.24) is 15.5 Å². The summed E-state index contributed by atoms with van der Waals surface area (Å²) < 4.78 is 0. The molecule has 0 radical (unpaired) electrons. The van der Waals surface area contributed by atoms with Crippen molar-refractivity contribution in [1.29, 1.82) is 0 Å². The van der Waals surface area contributed by atoms with Crippen LogP contribution in [-0.2, 0) is 9.59 Å². The Labute approximate surface area is 366 Å². The lowest BCUT2D eigenvalue weighted by Gasteiger charge is -2.64. The van der Waals surface area contributed by atoms with Crippen molar-refractivity contribution in [3.05, 3.63) is 72.9 Å². The Morgan fingerprint density at radius 2 is 1.20 bits per heavy atom. The zero-order valence-corrected chi connectivity index (χ0v) is 38.8. The van der Waals surface area contributed by atoms with Gasteiger partial charge in [-0.3, -0.25) is 9.59 Å². The maximum atomic E-state index is 13.0. The van der Waals surface area contributed by atoms with Crippen molar-refractivity contribution in [2.24, 2.45) is 52.3 Å². The van der Waals surface area contributed by atoms with Gasteiger partial charge in [0.25, 0.3) is 0 Å². The highest BCUT2D eigenvalue weighted by molar-refractivity contribution is 5.76. The summed E-state index contributed by atoms with van der Waals surface area (Å²) in [4.78, 5) is 27.4. The van der Waals surface area contributed by atoms with E-state index in [-0.39, 0.29) is 40.8 Å². The van der Waals surface area contributed by atoms with E-state index in [1.807, 2.05) is 7.05 Å². The fraction of sp³-hybridized carbons (Fsp3) is 0.736. The van der Waals surface area contributed by atoms with Gasteiger partial charge in [-0.1, -0.05) is 114 Å². The van der Waals surface area contributed by atoms with Gasteiger partial charge in [0.15, 0.2) is 0 Å². The molecule has 1 unspecified atom stereocenters. The number of nitrogens with one attached hydrogen (secondary N) is 2. The fourth-order valence-corrected chi connectivity index (χ4v) is 12.4. The average molecular weight is 830 g/mol. The second kappa shape index (κ2) is 26.0. The van der Waals surface area contributed by atoms with Crippen LogP contribution in [0.5, 0.6) is 0 Å². The number of amides is 2. The van der Waals surface area contributed by atoms with Crippen LogP contribution in [0.2, 0.25) is 0 Å². The summed E-state index contributed by atoms with van der Waals surface area (Å²) >= 11 is 0. The maximum Gasteiger partial charge on any atom is 0.220 e. The summed E-state index contributed by atoms with van der Waals surface area (Å²) in [5.41, 5.74) is 0.450. The van der Waals surface area contributed by atoms with Crippen LogP contribution in [0.4, 0.5) is 0 Å². The molecule has 0 heterocycles. The molecule has 0 aromatic heterocycles. The van der Waals surface area contributed by atoms with Gasteiger partial charge in [-0.15, -0.1) is 0 Å². The highest BCUT2D eigenvalue weighted by Gasteiger charge is 2.64. The van der Waals surface area contributed by atoms with Gasteiger partial charge in [0.1, 0.15) is 0 Å². The number of rotatable bonds is 25. The molecule has 4 saturated carbocycles. The minimum atomic E-state index is -0.263. The number of carbonyl (C=O) groups is 2. The molecule has 0 saturated heterocycles. The number of carbonyl (C=O) groups excluding carboxylic acids is 2. The van der Waals surface area contributed by atoms with Crippen LogP contribution in [0.15, 0.2) is 72.9 Å². The van der Waals surface area contributed by atoms with Gasteiger partial charge in [0.05, 0.1) is 12.2 Å². The molecular formula is C53H87N3O4. The first-order valence-corrected chi connectivity index (χ1v) is 24.4. The Morgan fingerprint density at radius 3 is 1.77 bits per heavy atom. The zero-order chi connectivity index (χ0) is 43.4. The van der Waals surface area contributed by atoms with Crippen molar-refractivity contribution in [3.63, 3.8) is 0 Å². The fourth-order valence-electron chi connectivity index (χ4n) is 12.4. The van der Waals surface area contributed by atoms with Crippen molar-refractivity contribution in [2.75, 3.05) is 33.2 Å². The second-order valence-corrected chi connectivity index (χ2v) is 19.6. The topological polar surface area (TPSA) is 102 Å². The van der Waals surface area contributed by atoms with E-state index in [4.69, 9.17) is 0 Å². The largest absolute Gasteiger partial charge is 0.393 e. The summed E-state index contributed by atoms with van der Waals surface area (Å²) in [6.45, 7) is 14.5. The van der Waals surface area contributed by atoms with E-state index in [1.54, 1.807) is 0 Å². The van der Waals surface area contributed by atoms with Crippen LogP contribution in [0.25, 0.3) is 0 Å². The third-order valence-electron chi connectivity index (χ3n) is 15.7. The van der Waals surface area contributed by atoms with Crippen molar-refractivity contribution in [3.8, 4) is 0 Å². The summed E-state index contributed by atoms with van der Waals surface area (Å²) in [7, 11) is 2.04. The van der Waals surface area contributed by atoms with E-state index in [0.29, 0.717) is 61.4 Å². The first-order valence-electron chi connectivity index (χ1n) is 24.4. The minimum Gasteiger partial charge on any atom is -0.393 e. The van der Waals surface area contributed by atoms with E-state index < -0.39 is 0 Å². The Bertz CT molecular complexity index is 1470. The van der Waals surface area contributed by atoms with Gasteiger partial charge in [-0.25, -0.2) is 0 Å². The zero-order valence-electron chi connectivity index (χ0n) is 38.8. The molecule has 0 aliphatic heterocycles. The molecule has 4 aliphatic rings. The number of aliphatic hydroxyl groups excluding tert-OH is 2. The maximum absolute atomic E-state index is 13.0. The summed E-state index contributed by atoms with van der Waals surface area (Å²) in [5, 5.41) is 28.8. The number of hydrogen-bond donors (Lipinski definition) is 4. The van der Waals surface area contributed by atoms with E-state index in [2.05, 4.69) is 123 Å². The molecule has 4 rings (SSSR count). The molecule has 4 N–H and O–H groups in total. The van der Waals surface area contributed by atoms with Gasteiger partial charge in [-0.2, -0.15) is 0 Å². The normalized spacial score (nSPS) is 32.5.